The predicted molar refractivity (Wildman–Crippen MR) is 55.4 cm³/mol. The van der Waals surface area contributed by atoms with Crippen molar-refractivity contribution in [3.63, 3.8) is 0 Å². The number of primary amides is 1. The van der Waals surface area contributed by atoms with Gasteiger partial charge in [0.1, 0.15) is 18.1 Å². The van der Waals surface area contributed by atoms with Gasteiger partial charge in [-0.15, -0.1) is 0 Å². The SMILES string of the molecule is Cc1ccc(C(C)NCCOC(N)=O)o1. The number of rotatable bonds is 5. The van der Waals surface area contributed by atoms with Crippen molar-refractivity contribution < 1.29 is 13.9 Å². The summed E-state index contributed by atoms with van der Waals surface area (Å²) >= 11 is 0. The molecule has 1 unspecified atom stereocenters. The lowest BCUT2D eigenvalue weighted by atomic mass is 10.2. The molecule has 0 aliphatic rings. The van der Waals surface area contributed by atoms with Crippen molar-refractivity contribution in [1.82, 2.24) is 5.32 Å². The van der Waals surface area contributed by atoms with Gasteiger partial charge < -0.3 is 20.2 Å². The van der Waals surface area contributed by atoms with Crippen molar-refractivity contribution in [2.45, 2.75) is 19.9 Å². The van der Waals surface area contributed by atoms with Crippen LogP contribution in [-0.2, 0) is 4.74 Å². The first-order chi connectivity index (χ1) is 7.09. The highest BCUT2D eigenvalue weighted by Crippen LogP contribution is 2.14. The van der Waals surface area contributed by atoms with Crippen LogP contribution in [0.2, 0.25) is 0 Å². The third-order valence-electron chi connectivity index (χ3n) is 1.98. The molecule has 1 rings (SSSR count). The van der Waals surface area contributed by atoms with Gasteiger partial charge in [-0.3, -0.25) is 0 Å². The summed E-state index contributed by atoms with van der Waals surface area (Å²) in [5.74, 6) is 1.75. The Morgan fingerprint density at radius 1 is 1.67 bits per heavy atom. The van der Waals surface area contributed by atoms with Crippen molar-refractivity contribution in [1.29, 1.82) is 0 Å². The Labute approximate surface area is 88.6 Å². The molecule has 5 heteroatoms. The lowest BCUT2D eigenvalue weighted by Gasteiger charge is -2.10. The molecule has 1 heterocycles. The highest BCUT2D eigenvalue weighted by molar-refractivity contribution is 5.64. The number of nitrogens with two attached hydrogens (primary N) is 1. The van der Waals surface area contributed by atoms with E-state index in [4.69, 9.17) is 10.2 Å². The van der Waals surface area contributed by atoms with Gasteiger partial charge in [-0.1, -0.05) is 0 Å². The summed E-state index contributed by atoms with van der Waals surface area (Å²) in [5.41, 5.74) is 4.82. The summed E-state index contributed by atoms with van der Waals surface area (Å²) < 4.78 is 10.0. The number of nitrogens with one attached hydrogen (secondary N) is 1. The molecule has 15 heavy (non-hydrogen) atoms. The molecule has 0 aromatic carbocycles. The maximum Gasteiger partial charge on any atom is 0.404 e. The van der Waals surface area contributed by atoms with Gasteiger partial charge in [-0.2, -0.15) is 0 Å². The van der Waals surface area contributed by atoms with E-state index in [-0.39, 0.29) is 12.6 Å². The number of hydrogen-bond acceptors (Lipinski definition) is 4. The average Bonchev–Trinajstić information content (AvgIpc) is 2.59. The fourth-order valence-electron chi connectivity index (χ4n) is 1.21. The van der Waals surface area contributed by atoms with Gasteiger partial charge in [0.2, 0.25) is 0 Å². The van der Waals surface area contributed by atoms with E-state index in [9.17, 15) is 4.79 Å². The summed E-state index contributed by atoms with van der Waals surface area (Å²) in [6.45, 7) is 4.68. The monoisotopic (exact) mass is 212 g/mol. The summed E-state index contributed by atoms with van der Waals surface area (Å²) in [7, 11) is 0. The molecule has 1 atom stereocenters. The minimum absolute atomic E-state index is 0.0928. The zero-order valence-electron chi connectivity index (χ0n) is 8.95. The predicted octanol–water partition coefficient (Wildman–Crippen LogP) is 1.33. The Morgan fingerprint density at radius 2 is 2.40 bits per heavy atom. The first-order valence-corrected chi connectivity index (χ1v) is 4.81. The number of aryl methyl sites for hydroxylation is 1. The Bertz CT molecular complexity index is 322. The topological polar surface area (TPSA) is 77.5 Å². The van der Waals surface area contributed by atoms with Gasteiger partial charge in [-0.25, -0.2) is 4.79 Å². The number of furan rings is 1. The van der Waals surface area contributed by atoms with Crippen LogP contribution in [0, 0.1) is 6.92 Å². The molecule has 1 aromatic rings. The van der Waals surface area contributed by atoms with E-state index < -0.39 is 6.09 Å². The quantitative estimate of drug-likeness (QED) is 0.722. The van der Waals surface area contributed by atoms with Crippen LogP contribution in [-0.4, -0.2) is 19.2 Å². The first kappa shape index (κ1) is 11.6. The molecule has 0 spiro atoms. The summed E-state index contributed by atoms with van der Waals surface area (Å²) in [5, 5.41) is 3.14. The second kappa shape index (κ2) is 5.41. The van der Waals surface area contributed by atoms with Crippen LogP contribution in [0.3, 0.4) is 0 Å². The molecular formula is C10H16N2O3. The highest BCUT2D eigenvalue weighted by Gasteiger charge is 2.08. The third kappa shape index (κ3) is 4.03. The normalized spacial score (nSPS) is 12.4. The molecule has 0 fully saturated rings. The number of ether oxygens (including phenoxy) is 1. The number of hydrogen-bond donors (Lipinski definition) is 2. The molecule has 84 valence electrons. The molecule has 5 nitrogen and oxygen atoms in total. The lowest BCUT2D eigenvalue weighted by molar-refractivity contribution is 0.156. The minimum Gasteiger partial charge on any atom is -0.465 e. The van der Waals surface area contributed by atoms with E-state index in [1.807, 2.05) is 26.0 Å². The zero-order valence-corrected chi connectivity index (χ0v) is 8.95. The van der Waals surface area contributed by atoms with Crippen LogP contribution < -0.4 is 11.1 Å². The van der Waals surface area contributed by atoms with Crippen LogP contribution in [0.4, 0.5) is 4.79 Å². The molecular weight excluding hydrogens is 196 g/mol. The van der Waals surface area contributed by atoms with E-state index in [2.05, 4.69) is 10.1 Å². The second-order valence-corrected chi connectivity index (χ2v) is 3.29. The smallest absolute Gasteiger partial charge is 0.404 e. The number of amides is 1. The second-order valence-electron chi connectivity index (χ2n) is 3.29. The fourth-order valence-corrected chi connectivity index (χ4v) is 1.21. The summed E-state index contributed by atoms with van der Waals surface area (Å²) in [4.78, 5) is 10.3. The molecule has 0 saturated heterocycles. The first-order valence-electron chi connectivity index (χ1n) is 4.81. The van der Waals surface area contributed by atoms with Crippen molar-refractivity contribution in [2.75, 3.05) is 13.2 Å². The standard InChI is InChI=1S/C10H16N2O3/c1-7-3-4-9(15-7)8(2)12-5-6-14-10(11)13/h3-4,8,12H,5-6H2,1-2H3,(H2,11,13). The molecule has 0 aliphatic carbocycles. The fraction of sp³-hybridized carbons (Fsp3) is 0.500. The maximum absolute atomic E-state index is 10.3. The molecule has 0 saturated carbocycles. The molecule has 0 aliphatic heterocycles. The molecule has 1 aromatic heterocycles. The molecule has 3 N–H and O–H groups in total. The Morgan fingerprint density at radius 3 is 2.93 bits per heavy atom. The van der Waals surface area contributed by atoms with Crippen LogP contribution in [0.5, 0.6) is 0 Å². The Balaban J connectivity index is 2.24. The van der Waals surface area contributed by atoms with Gasteiger partial charge in [0.15, 0.2) is 0 Å². The van der Waals surface area contributed by atoms with Crippen LogP contribution in [0.1, 0.15) is 24.5 Å². The van der Waals surface area contributed by atoms with Gasteiger partial charge in [-0.05, 0) is 26.0 Å². The number of carbonyl (C=O) groups is 1. The lowest BCUT2D eigenvalue weighted by Crippen LogP contribution is -2.25. The molecule has 1 amide bonds. The van der Waals surface area contributed by atoms with E-state index in [1.165, 1.54) is 0 Å². The Kier molecular flexibility index (Phi) is 4.17. The van der Waals surface area contributed by atoms with E-state index in [0.717, 1.165) is 11.5 Å². The average molecular weight is 212 g/mol. The van der Waals surface area contributed by atoms with Gasteiger partial charge in [0.05, 0.1) is 6.04 Å². The number of carbonyl (C=O) groups excluding carboxylic acids is 1. The van der Waals surface area contributed by atoms with Gasteiger partial charge >= 0.3 is 6.09 Å². The highest BCUT2D eigenvalue weighted by atomic mass is 16.5. The van der Waals surface area contributed by atoms with Crippen LogP contribution in [0.15, 0.2) is 16.5 Å². The zero-order chi connectivity index (χ0) is 11.3. The van der Waals surface area contributed by atoms with Gasteiger partial charge in [0.25, 0.3) is 0 Å². The van der Waals surface area contributed by atoms with Crippen molar-refractivity contribution >= 4 is 6.09 Å². The largest absolute Gasteiger partial charge is 0.465 e. The summed E-state index contributed by atoms with van der Waals surface area (Å²) in [6, 6.07) is 3.92. The Hall–Kier alpha value is -1.49. The van der Waals surface area contributed by atoms with Gasteiger partial charge in [0, 0.05) is 6.54 Å². The molecule has 0 bridgehead atoms. The minimum atomic E-state index is -0.752. The van der Waals surface area contributed by atoms with Crippen LogP contribution >= 0.6 is 0 Å². The maximum atomic E-state index is 10.3. The van der Waals surface area contributed by atoms with Crippen molar-refractivity contribution in [2.24, 2.45) is 5.73 Å². The van der Waals surface area contributed by atoms with E-state index in [1.54, 1.807) is 0 Å². The van der Waals surface area contributed by atoms with Crippen molar-refractivity contribution in [3.8, 4) is 0 Å². The summed E-state index contributed by atoms with van der Waals surface area (Å²) in [6.07, 6.45) is -0.752. The third-order valence-corrected chi connectivity index (χ3v) is 1.98. The van der Waals surface area contributed by atoms with Crippen molar-refractivity contribution in [3.05, 3.63) is 23.7 Å². The molecule has 0 radical (unpaired) electrons. The van der Waals surface area contributed by atoms with Crippen LogP contribution in [0.25, 0.3) is 0 Å². The van der Waals surface area contributed by atoms with E-state index in [0.29, 0.717) is 6.54 Å². The van der Waals surface area contributed by atoms with E-state index >= 15 is 0 Å².